The van der Waals surface area contributed by atoms with Crippen LogP contribution < -0.4 is 0 Å². The number of carbonyl (C=O) groups is 1. The zero-order valence-electron chi connectivity index (χ0n) is 28.3. The van der Waals surface area contributed by atoms with Crippen molar-refractivity contribution in [2.45, 2.75) is 117 Å². The molecule has 1 aliphatic heterocycles. The lowest BCUT2D eigenvalue weighted by molar-refractivity contribution is -0.125. The Morgan fingerprint density at radius 3 is 2.29 bits per heavy atom. The second kappa shape index (κ2) is 11.9. The van der Waals surface area contributed by atoms with Gasteiger partial charge in [-0.2, -0.15) is 0 Å². The Bertz CT molecular complexity index is 1420. The fourth-order valence-electron chi connectivity index (χ4n) is 11.4. The van der Waals surface area contributed by atoms with Gasteiger partial charge in [0, 0.05) is 11.5 Å². The number of carbonyl (C=O) groups excluding carboxylic acids is 1. The van der Waals surface area contributed by atoms with Crippen LogP contribution in [-0.4, -0.2) is 23.8 Å². The Labute approximate surface area is 272 Å². The molecule has 45 heavy (non-hydrogen) atoms. The van der Waals surface area contributed by atoms with Crippen LogP contribution in [0.15, 0.2) is 60.7 Å². The van der Waals surface area contributed by atoms with Gasteiger partial charge in [0.1, 0.15) is 12.2 Å². The minimum atomic E-state index is -0.377. The molecule has 0 radical (unpaired) electrons. The summed E-state index contributed by atoms with van der Waals surface area (Å²) >= 11 is 0. The van der Waals surface area contributed by atoms with Crippen molar-refractivity contribution in [1.29, 1.82) is 0 Å². The lowest BCUT2D eigenvalue weighted by Gasteiger charge is -2.61. The van der Waals surface area contributed by atoms with Gasteiger partial charge in [-0.3, -0.25) is 0 Å². The monoisotopic (exact) mass is 606 g/mol. The van der Waals surface area contributed by atoms with Crippen LogP contribution in [0.5, 0.6) is 0 Å². The second-order valence-corrected chi connectivity index (χ2v) is 16.5. The maximum atomic E-state index is 13.1. The predicted molar refractivity (Wildman–Crippen MR) is 180 cm³/mol. The molecule has 0 bridgehead atoms. The number of fused-ring (bicyclic) bond motifs is 8. The van der Waals surface area contributed by atoms with E-state index in [1.807, 2.05) is 30.3 Å². The SMILES string of the molecule is CC(C)CCCC(C)C1CCC2C3C(CCC12C)C1(C)CCC(OC(=O)c2ccccc2)CC1C1OC13C#Cc1ccccc1. The molecule has 3 heteroatoms. The summed E-state index contributed by atoms with van der Waals surface area (Å²) < 4.78 is 13.2. The third kappa shape index (κ3) is 5.38. The highest BCUT2D eigenvalue weighted by Gasteiger charge is 2.78. The quantitative estimate of drug-likeness (QED) is 0.179. The minimum absolute atomic E-state index is 0.0623. The van der Waals surface area contributed by atoms with Crippen LogP contribution in [0.25, 0.3) is 0 Å². The van der Waals surface area contributed by atoms with E-state index >= 15 is 0 Å². The first-order chi connectivity index (χ1) is 21.7. The Balaban J connectivity index is 1.18. The molecule has 0 spiro atoms. The van der Waals surface area contributed by atoms with Crippen molar-refractivity contribution in [1.82, 2.24) is 0 Å². The van der Waals surface area contributed by atoms with Crippen molar-refractivity contribution in [2.75, 3.05) is 0 Å². The molecule has 0 amide bonds. The number of hydrogen-bond acceptors (Lipinski definition) is 3. The van der Waals surface area contributed by atoms with Crippen molar-refractivity contribution < 1.29 is 14.3 Å². The first kappa shape index (κ1) is 31.1. The van der Waals surface area contributed by atoms with E-state index in [2.05, 4.69) is 76.8 Å². The van der Waals surface area contributed by atoms with Gasteiger partial charge in [-0.05, 0) is 116 Å². The first-order valence-electron chi connectivity index (χ1n) is 18.2. The van der Waals surface area contributed by atoms with Crippen molar-refractivity contribution in [3.05, 3.63) is 71.8 Å². The first-order valence-corrected chi connectivity index (χ1v) is 18.2. The molecular weight excluding hydrogens is 552 g/mol. The average molecular weight is 607 g/mol. The molecule has 7 rings (SSSR count). The number of rotatable bonds is 7. The molecule has 5 aliphatic rings. The lowest BCUT2D eigenvalue weighted by atomic mass is 9.42. The van der Waals surface area contributed by atoms with Gasteiger partial charge in [-0.15, -0.1) is 0 Å². The van der Waals surface area contributed by atoms with E-state index in [0.717, 1.165) is 42.6 Å². The van der Waals surface area contributed by atoms with Gasteiger partial charge in [-0.1, -0.05) is 102 Å². The molecule has 11 unspecified atom stereocenters. The molecule has 4 aliphatic carbocycles. The molecule has 0 N–H and O–H groups in total. The summed E-state index contributed by atoms with van der Waals surface area (Å²) in [5.41, 5.74) is 1.90. The van der Waals surface area contributed by atoms with Gasteiger partial charge < -0.3 is 9.47 Å². The molecular formula is C42H54O3. The lowest BCUT2D eigenvalue weighted by Crippen LogP contribution is -2.60. The zero-order chi connectivity index (χ0) is 31.4. The molecule has 11 atom stereocenters. The smallest absolute Gasteiger partial charge is 0.338 e. The predicted octanol–water partition coefficient (Wildman–Crippen LogP) is 9.74. The summed E-state index contributed by atoms with van der Waals surface area (Å²) in [6.07, 6.45) is 12.3. The summed E-state index contributed by atoms with van der Waals surface area (Å²) in [5, 5.41) is 0. The van der Waals surface area contributed by atoms with E-state index in [1.165, 1.54) is 44.9 Å². The molecule has 5 fully saturated rings. The van der Waals surface area contributed by atoms with E-state index in [4.69, 9.17) is 9.47 Å². The van der Waals surface area contributed by atoms with Crippen LogP contribution in [0.4, 0.5) is 0 Å². The van der Waals surface area contributed by atoms with E-state index < -0.39 is 0 Å². The van der Waals surface area contributed by atoms with Crippen LogP contribution in [0.1, 0.15) is 115 Å². The highest BCUT2D eigenvalue weighted by Crippen LogP contribution is 2.75. The van der Waals surface area contributed by atoms with E-state index in [1.54, 1.807) is 0 Å². The molecule has 2 aromatic carbocycles. The maximum Gasteiger partial charge on any atom is 0.338 e. The summed E-state index contributed by atoms with van der Waals surface area (Å²) in [6, 6.07) is 19.9. The van der Waals surface area contributed by atoms with Crippen molar-refractivity contribution >= 4 is 5.97 Å². The molecule has 4 saturated carbocycles. The summed E-state index contributed by atoms with van der Waals surface area (Å²) in [5.74, 6) is 11.7. The van der Waals surface area contributed by atoms with Gasteiger partial charge in [0.15, 0.2) is 5.60 Å². The molecule has 0 aromatic heterocycles. The minimum Gasteiger partial charge on any atom is -0.459 e. The Kier molecular flexibility index (Phi) is 8.21. The zero-order valence-corrected chi connectivity index (χ0v) is 28.3. The van der Waals surface area contributed by atoms with Crippen LogP contribution in [-0.2, 0) is 9.47 Å². The fraction of sp³-hybridized carbons (Fsp3) is 0.643. The number of esters is 1. The van der Waals surface area contributed by atoms with Crippen molar-refractivity contribution in [3.63, 3.8) is 0 Å². The van der Waals surface area contributed by atoms with Crippen molar-refractivity contribution in [2.24, 2.45) is 52.3 Å². The maximum absolute atomic E-state index is 13.1. The standard InChI is InChI=1S/C42H54O3/c1-28(2)13-12-14-29(3)33-19-20-34-37-35(23-25-40(33,34)4)41(5)24-22-32(44-39(43)31-17-10-7-11-18-31)27-36(41)38-42(37,45-38)26-21-30-15-8-6-9-16-30/h6-11,15-18,28-29,32-38H,12-14,19-20,22-25,27H2,1-5H3. The molecule has 3 nitrogen and oxygen atoms in total. The van der Waals surface area contributed by atoms with Crippen LogP contribution >= 0.6 is 0 Å². The topological polar surface area (TPSA) is 38.8 Å². The van der Waals surface area contributed by atoms with Crippen LogP contribution in [0.3, 0.4) is 0 Å². The summed E-state index contributed by atoms with van der Waals surface area (Å²) in [6.45, 7) is 12.5. The largest absolute Gasteiger partial charge is 0.459 e. The Morgan fingerprint density at radius 1 is 0.867 bits per heavy atom. The van der Waals surface area contributed by atoms with Gasteiger partial charge in [0.05, 0.1) is 5.56 Å². The van der Waals surface area contributed by atoms with Gasteiger partial charge in [0.25, 0.3) is 0 Å². The highest BCUT2D eigenvalue weighted by atomic mass is 16.6. The fourth-order valence-corrected chi connectivity index (χ4v) is 11.4. The normalized spacial score (nSPS) is 40.2. The van der Waals surface area contributed by atoms with E-state index in [-0.39, 0.29) is 29.2 Å². The molecule has 1 heterocycles. The molecule has 2 aromatic rings. The van der Waals surface area contributed by atoms with Crippen LogP contribution in [0, 0.1) is 64.1 Å². The summed E-state index contributed by atoms with van der Waals surface area (Å²) in [7, 11) is 0. The van der Waals surface area contributed by atoms with Gasteiger partial charge in [-0.25, -0.2) is 4.79 Å². The van der Waals surface area contributed by atoms with E-state index in [9.17, 15) is 4.79 Å². The number of ether oxygens (including phenoxy) is 2. The Hall–Kier alpha value is -2.57. The number of hydrogen-bond donors (Lipinski definition) is 0. The average Bonchev–Trinajstić information content (AvgIpc) is 3.67. The Morgan fingerprint density at radius 2 is 1.56 bits per heavy atom. The molecule has 1 saturated heterocycles. The van der Waals surface area contributed by atoms with Gasteiger partial charge >= 0.3 is 5.97 Å². The van der Waals surface area contributed by atoms with Gasteiger partial charge in [0.2, 0.25) is 0 Å². The number of epoxide rings is 1. The van der Waals surface area contributed by atoms with Crippen molar-refractivity contribution in [3.8, 4) is 11.8 Å². The highest BCUT2D eigenvalue weighted by molar-refractivity contribution is 5.89. The number of benzene rings is 2. The third-order valence-corrected chi connectivity index (χ3v) is 13.7. The third-order valence-electron chi connectivity index (χ3n) is 13.7. The van der Waals surface area contributed by atoms with Crippen LogP contribution in [0.2, 0.25) is 0 Å². The second-order valence-electron chi connectivity index (χ2n) is 16.5. The van der Waals surface area contributed by atoms with E-state index in [0.29, 0.717) is 34.7 Å². The summed E-state index contributed by atoms with van der Waals surface area (Å²) in [4.78, 5) is 13.1. The molecule has 240 valence electrons.